The molecule has 0 aliphatic carbocycles. The monoisotopic (exact) mass is 225 g/mol. The third-order valence-corrected chi connectivity index (χ3v) is 2.79. The summed E-state index contributed by atoms with van der Waals surface area (Å²) in [6.07, 6.45) is 1.48. The Morgan fingerprint density at radius 2 is 2.00 bits per heavy atom. The maximum atomic E-state index is 10.9. The van der Waals surface area contributed by atoms with Crippen LogP contribution >= 0.6 is 0 Å². The van der Waals surface area contributed by atoms with Gasteiger partial charge in [0.2, 0.25) is 0 Å². The molecule has 2 aromatic rings. The van der Waals surface area contributed by atoms with E-state index in [2.05, 4.69) is 4.98 Å². The molecule has 0 saturated carbocycles. The predicted molar refractivity (Wildman–Crippen MR) is 53.2 cm³/mol. The zero-order valence-electron chi connectivity index (χ0n) is 7.45. The number of fused-ring (bicyclic) bond motifs is 1. The van der Waals surface area contributed by atoms with E-state index in [1.54, 1.807) is 12.1 Å². The Labute approximate surface area is 85.8 Å². The van der Waals surface area contributed by atoms with Crippen LogP contribution in [0.2, 0.25) is 0 Å². The van der Waals surface area contributed by atoms with Gasteiger partial charge < -0.3 is 5.11 Å². The predicted octanol–water partition coefficient (Wildman–Crippen LogP) is 1.19. The van der Waals surface area contributed by atoms with Crippen LogP contribution in [0.3, 0.4) is 0 Å². The number of nitrogens with zero attached hydrogens (tertiary/aromatic N) is 1. The number of pyridine rings is 1. The minimum Gasteiger partial charge on any atom is -0.506 e. The lowest BCUT2D eigenvalue weighted by atomic mass is 10.2. The number of aromatic nitrogens is 1. The van der Waals surface area contributed by atoms with Gasteiger partial charge in [-0.3, -0.25) is 9.54 Å². The van der Waals surface area contributed by atoms with Crippen molar-refractivity contribution >= 4 is 21.0 Å². The third-order valence-electron chi connectivity index (χ3n) is 1.96. The first-order valence-corrected chi connectivity index (χ1v) is 5.48. The largest absolute Gasteiger partial charge is 0.506 e. The van der Waals surface area contributed by atoms with Crippen LogP contribution in [-0.4, -0.2) is 23.1 Å². The quantitative estimate of drug-likeness (QED) is 0.712. The van der Waals surface area contributed by atoms with Gasteiger partial charge in [-0.05, 0) is 12.1 Å². The van der Waals surface area contributed by atoms with Crippen molar-refractivity contribution in [2.24, 2.45) is 0 Å². The lowest BCUT2D eigenvalue weighted by Gasteiger charge is -2.02. The normalized spacial score (nSPS) is 11.8. The lowest BCUT2D eigenvalue weighted by molar-refractivity contribution is 0.470. The van der Waals surface area contributed by atoms with Crippen LogP contribution in [0.4, 0.5) is 0 Å². The fourth-order valence-electron chi connectivity index (χ4n) is 1.30. The van der Waals surface area contributed by atoms with Gasteiger partial charge in [-0.25, -0.2) is 0 Å². The number of hydrogen-bond donors (Lipinski definition) is 2. The van der Waals surface area contributed by atoms with Crippen molar-refractivity contribution in [3.05, 3.63) is 30.5 Å². The topological polar surface area (TPSA) is 87.5 Å². The van der Waals surface area contributed by atoms with Gasteiger partial charge in [0.25, 0.3) is 10.1 Å². The van der Waals surface area contributed by atoms with Crippen LogP contribution in [0.25, 0.3) is 10.9 Å². The lowest BCUT2D eigenvalue weighted by Crippen LogP contribution is -1.97. The van der Waals surface area contributed by atoms with Crippen molar-refractivity contribution in [1.82, 2.24) is 4.98 Å². The zero-order chi connectivity index (χ0) is 11.1. The molecule has 6 heteroatoms. The van der Waals surface area contributed by atoms with Gasteiger partial charge in [-0.2, -0.15) is 8.42 Å². The Morgan fingerprint density at radius 1 is 1.27 bits per heavy atom. The Kier molecular flexibility index (Phi) is 2.09. The Bertz CT molecular complexity index is 621. The van der Waals surface area contributed by atoms with Gasteiger partial charge in [-0.1, -0.05) is 6.07 Å². The van der Waals surface area contributed by atoms with Crippen LogP contribution in [0.5, 0.6) is 5.75 Å². The van der Waals surface area contributed by atoms with E-state index in [9.17, 15) is 13.5 Å². The maximum absolute atomic E-state index is 10.9. The van der Waals surface area contributed by atoms with E-state index in [1.165, 1.54) is 12.3 Å². The van der Waals surface area contributed by atoms with Crippen molar-refractivity contribution in [2.75, 3.05) is 0 Å². The fourth-order valence-corrected chi connectivity index (χ4v) is 1.83. The van der Waals surface area contributed by atoms with E-state index < -0.39 is 10.1 Å². The summed E-state index contributed by atoms with van der Waals surface area (Å²) in [6, 6.07) is 5.41. The van der Waals surface area contributed by atoms with Crippen LogP contribution < -0.4 is 0 Å². The second kappa shape index (κ2) is 3.18. The summed E-state index contributed by atoms with van der Waals surface area (Å²) in [5, 5.41) is 9.93. The minimum atomic E-state index is -4.30. The van der Waals surface area contributed by atoms with Crippen molar-refractivity contribution in [3.8, 4) is 5.75 Å². The summed E-state index contributed by atoms with van der Waals surface area (Å²) >= 11 is 0. The summed E-state index contributed by atoms with van der Waals surface area (Å²) in [6.45, 7) is 0. The Balaban J connectivity index is 2.85. The van der Waals surface area contributed by atoms with E-state index in [0.717, 1.165) is 6.07 Å². The van der Waals surface area contributed by atoms with Gasteiger partial charge in [0, 0.05) is 17.6 Å². The van der Waals surface area contributed by atoms with E-state index in [0.29, 0.717) is 10.9 Å². The molecule has 0 spiro atoms. The van der Waals surface area contributed by atoms with Gasteiger partial charge in [0.05, 0.1) is 4.90 Å². The first-order valence-electron chi connectivity index (χ1n) is 4.04. The molecule has 0 saturated heterocycles. The fraction of sp³-hybridized carbons (Fsp3) is 0. The third kappa shape index (κ3) is 1.77. The number of rotatable bonds is 1. The molecule has 15 heavy (non-hydrogen) atoms. The zero-order valence-corrected chi connectivity index (χ0v) is 8.27. The van der Waals surface area contributed by atoms with E-state index in [4.69, 9.17) is 4.55 Å². The molecule has 0 fully saturated rings. The van der Waals surface area contributed by atoms with Crippen LogP contribution in [0, 0.1) is 0 Å². The molecule has 5 nitrogen and oxygen atoms in total. The molecule has 0 radical (unpaired) electrons. The summed E-state index contributed by atoms with van der Waals surface area (Å²) in [5.74, 6) is -0.277. The van der Waals surface area contributed by atoms with Crippen molar-refractivity contribution < 1.29 is 18.1 Å². The summed E-state index contributed by atoms with van der Waals surface area (Å²) in [4.78, 5) is 3.53. The Morgan fingerprint density at radius 3 is 2.67 bits per heavy atom. The van der Waals surface area contributed by atoms with Crippen molar-refractivity contribution in [3.63, 3.8) is 0 Å². The number of benzene rings is 1. The molecule has 0 aliphatic rings. The molecule has 1 aromatic heterocycles. The highest BCUT2D eigenvalue weighted by molar-refractivity contribution is 7.85. The molecule has 2 rings (SSSR count). The molecule has 2 N–H and O–H groups in total. The first-order chi connectivity index (χ1) is 6.98. The SMILES string of the molecule is O=S(=O)(O)c1cc(O)c2ncccc2c1. The van der Waals surface area contributed by atoms with E-state index in [-0.39, 0.29) is 10.6 Å². The summed E-state index contributed by atoms with van der Waals surface area (Å²) in [7, 11) is -4.30. The van der Waals surface area contributed by atoms with Gasteiger partial charge in [0.1, 0.15) is 11.3 Å². The highest BCUT2D eigenvalue weighted by Gasteiger charge is 2.13. The smallest absolute Gasteiger partial charge is 0.294 e. The van der Waals surface area contributed by atoms with E-state index >= 15 is 0 Å². The van der Waals surface area contributed by atoms with Crippen LogP contribution in [0.15, 0.2) is 35.4 Å². The number of phenols is 1. The highest BCUT2D eigenvalue weighted by atomic mass is 32.2. The van der Waals surface area contributed by atoms with Crippen molar-refractivity contribution in [1.29, 1.82) is 0 Å². The molecule has 0 bridgehead atoms. The van der Waals surface area contributed by atoms with Crippen LogP contribution in [-0.2, 0) is 10.1 Å². The second-order valence-electron chi connectivity index (χ2n) is 2.99. The number of phenolic OH excluding ortho intramolecular Hbond substituents is 1. The van der Waals surface area contributed by atoms with Gasteiger partial charge >= 0.3 is 0 Å². The van der Waals surface area contributed by atoms with Gasteiger partial charge in [0.15, 0.2) is 0 Å². The minimum absolute atomic E-state index is 0.277. The number of aromatic hydroxyl groups is 1. The molecule has 0 aliphatic heterocycles. The molecular formula is C9H7NO4S. The maximum Gasteiger partial charge on any atom is 0.294 e. The van der Waals surface area contributed by atoms with Crippen molar-refractivity contribution in [2.45, 2.75) is 4.90 Å². The molecule has 0 amide bonds. The van der Waals surface area contributed by atoms with Gasteiger partial charge in [-0.15, -0.1) is 0 Å². The Hall–Kier alpha value is -1.66. The van der Waals surface area contributed by atoms with Crippen LogP contribution in [0.1, 0.15) is 0 Å². The first kappa shape index (κ1) is 9.88. The second-order valence-corrected chi connectivity index (χ2v) is 4.41. The standard InChI is InChI=1S/C9H7NO4S/c11-8-5-7(15(12,13)14)4-6-2-1-3-10-9(6)8/h1-5,11H,(H,12,13,14). The average molecular weight is 225 g/mol. The van der Waals surface area contributed by atoms with E-state index in [1.807, 2.05) is 0 Å². The summed E-state index contributed by atoms with van der Waals surface area (Å²) < 4.78 is 30.5. The average Bonchev–Trinajstić information content (AvgIpc) is 2.16. The molecule has 0 atom stereocenters. The molecular weight excluding hydrogens is 218 g/mol. The number of hydrogen-bond acceptors (Lipinski definition) is 4. The molecule has 0 unspecified atom stereocenters. The highest BCUT2D eigenvalue weighted by Crippen LogP contribution is 2.26. The molecule has 78 valence electrons. The summed E-state index contributed by atoms with van der Waals surface area (Å²) in [5.41, 5.74) is 0.296. The molecule has 1 heterocycles. The molecule has 1 aromatic carbocycles.